The van der Waals surface area contributed by atoms with Crippen LogP contribution in [0.15, 0.2) is 101 Å². The molecule has 0 aliphatic heterocycles. The average molecular weight is 686 g/mol. The van der Waals surface area contributed by atoms with Gasteiger partial charge in [-0.25, -0.2) is 9.59 Å². The Morgan fingerprint density at radius 1 is 0.660 bits per heavy atom. The molecule has 2 aromatic heterocycles. The fraction of sp³-hybridized carbons (Fsp3) is 0.244. The van der Waals surface area contributed by atoms with Crippen molar-refractivity contribution in [1.82, 2.24) is 4.57 Å². The molecule has 0 saturated carbocycles. The normalized spacial score (nSPS) is 12.4. The van der Waals surface area contributed by atoms with Crippen molar-refractivity contribution >= 4 is 73.1 Å². The molecule has 0 N–H and O–H groups in total. The van der Waals surface area contributed by atoms with Crippen LogP contribution in [0.3, 0.4) is 0 Å². The molecule has 0 saturated heterocycles. The third kappa shape index (κ3) is 7.14. The summed E-state index contributed by atoms with van der Waals surface area (Å²) in [6, 6.07) is 29.5. The van der Waals surface area contributed by atoms with E-state index >= 15 is 0 Å². The number of nitrogens with zero attached hydrogens (tertiary/aromatic N) is 3. The van der Waals surface area contributed by atoms with Gasteiger partial charge in [0.1, 0.15) is 5.00 Å². The lowest BCUT2D eigenvalue weighted by Crippen LogP contribution is -2.07. The molecule has 0 unspecified atom stereocenters. The first-order chi connectivity index (χ1) is 24.0. The van der Waals surface area contributed by atoms with Crippen LogP contribution < -0.4 is 0 Å². The lowest BCUT2D eigenvalue weighted by molar-refractivity contribution is -0.141. The summed E-state index contributed by atoms with van der Waals surface area (Å²) in [5.74, 6) is -0.459. The van der Waals surface area contributed by atoms with E-state index in [1.165, 1.54) is 13.8 Å². The minimum atomic E-state index is -0.484. The second-order valence-corrected chi connectivity index (χ2v) is 14.3. The van der Waals surface area contributed by atoms with Gasteiger partial charge in [-0.05, 0) is 60.4 Å². The summed E-state index contributed by atoms with van der Waals surface area (Å²) in [5.41, 5.74) is 5.31. The maximum Gasteiger partial charge on any atom is 0.331 e. The van der Waals surface area contributed by atoms with Crippen LogP contribution in [0.5, 0.6) is 0 Å². The van der Waals surface area contributed by atoms with Crippen LogP contribution in [0.2, 0.25) is 0 Å². The van der Waals surface area contributed by atoms with Gasteiger partial charge in [0.25, 0.3) is 0 Å². The van der Waals surface area contributed by atoms with Crippen LogP contribution in [0.1, 0.15) is 80.7 Å². The van der Waals surface area contributed by atoms with Gasteiger partial charge in [0.05, 0.1) is 27.3 Å². The predicted octanol–water partition coefficient (Wildman–Crippen LogP) is 9.86. The molecule has 8 nitrogen and oxygen atoms in total. The summed E-state index contributed by atoms with van der Waals surface area (Å²) in [6.45, 7) is 11.1. The molecule has 0 fully saturated rings. The molecule has 6 rings (SSSR count). The average Bonchev–Trinajstić information content (AvgIpc) is 3.70. The lowest BCUT2D eigenvalue weighted by atomic mass is 9.94. The molecule has 0 amide bonds. The van der Waals surface area contributed by atoms with Gasteiger partial charge in [0.2, 0.25) is 0 Å². The number of carbonyl (C=O) groups excluding carboxylic acids is 3. The van der Waals surface area contributed by atoms with E-state index in [1.54, 1.807) is 11.3 Å². The molecule has 2 heterocycles. The molecule has 6 aromatic rings. The Balaban J connectivity index is 1.66. The molecular formula is C41H39N3O5S. The number of oxime groups is 2. The van der Waals surface area contributed by atoms with Crippen LogP contribution in [0.4, 0.5) is 0 Å². The fourth-order valence-electron chi connectivity index (χ4n) is 6.22. The van der Waals surface area contributed by atoms with Gasteiger partial charge in [-0.2, -0.15) is 0 Å². The highest BCUT2D eigenvalue weighted by Crippen LogP contribution is 2.41. The number of rotatable bonds is 11. The summed E-state index contributed by atoms with van der Waals surface area (Å²) in [5, 5.41) is 13.0. The monoisotopic (exact) mass is 685 g/mol. The minimum absolute atomic E-state index is 0.0592. The third-order valence-corrected chi connectivity index (χ3v) is 9.37. The number of hydrogen-bond donors (Lipinski definition) is 0. The smallest absolute Gasteiger partial charge is 0.318 e. The zero-order chi connectivity index (χ0) is 35.5. The van der Waals surface area contributed by atoms with E-state index in [2.05, 4.69) is 66.8 Å². The Morgan fingerprint density at radius 3 is 1.94 bits per heavy atom. The topological polar surface area (TPSA) is 99.3 Å². The SMILES string of the molecule is CC(=O)ON=C(CC(C)C)c1ccc2c(c1)c1cc(C(=O)c3ccccc3)c3ccccc3c1n2-c1ccc(C(CC(C)C)=NOC(C)=O)s1. The summed E-state index contributed by atoms with van der Waals surface area (Å²) < 4.78 is 2.23. The highest BCUT2D eigenvalue weighted by Gasteiger charge is 2.23. The Morgan fingerprint density at radius 2 is 1.28 bits per heavy atom. The molecular weight excluding hydrogens is 647 g/mol. The predicted molar refractivity (Wildman–Crippen MR) is 202 cm³/mol. The Hall–Kier alpha value is -5.41. The quantitative estimate of drug-likeness (QED) is 0.0585. The van der Waals surface area contributed by atoms with Crippen molar-refractivity contribution in [2.24, 2.45) is 22.1 Å². The largest absolute Gasteiger partial charge is 0.331 e. The fourth-order valence-corrected chi connectivity index (χ4v) is 7.24. The van der Waals surface area contributed by atoms with Crippen LogP contribution >= 0.6 is 11.3 Å². The summed E-state index contributed by atoms with van der Waals surface area (Å²) in [7, 11) is 0. The third-order valence-electron chi connectivity index (χ3n) is 8.25. The Bertz CT molecular complexity index is 2310. The first-order valence-corrected chi connectivity index (χ1v) is 17.5. The number of thiophene rings is 1. The first kappa shape index (κ1) is 34.5. The molecule has 0 radical (unpaired) electrons. The molecule has 0 aliphatic rings. The Labute approximate surface area is 295 Å². The van der Waals surface area contributed by atoms with Crippen LogP contribution in [-0.4, -0.2) is 33.7 Å². The highest BCUT2D eigenvalue weighted by molar-refractivity contribution is 7.16. The van der Waals surface area contributed by atoms with Gasteiger partial charge in [0.15, 0.2) is 5.78 Å². The minimum Gasteiger partial charge on any atom is -0.318 e. The number of hydrogen-bond acceptors (Lipinski definition) is 8. The van der Waals surface area contributed by atoms with Crippen molar-refractivity contribution in [3.8, 4) is 5.00 Å². The number of aromatic nitrogens is 1. The molecule has 0 aliphatic carbocycles. The highest BCUT2D eigenvalue weighted by atomic mass is 32.1. The zero-order valence-corrected chi connectivity index (χ0v) is 29.8. The van der Waals surface area contributed by atoms with Gasteiger partial charge in [-0.15, -0.1) is 11.3 Å². The van der Waals surface area contributed by atoms with Gasteiger partial charge < -0.3 is 9.68 Å². The van der Waals surface area contributed by atoms with Crippen molar-refractivity contribution in [3.63, 3.8) is 0 Å². The van der Waals surface area contributed by atoms with E-state index in [4.69, 9.17) is 9.68 Å². The molecule has 0 bridgehead atoms. The van der Waals surface area contributed by atoms with Crippen LogP contribution in [0.25, 0.3) is 37.6 Å². The van der Waals surface area contributed by atoms with Crippen molar-refractivity contribution in [3.05, 3.63) is 113 Å². The van der Waals surface area contributed by atoms with Gasteiger partial charge >= 0.3 is 11.9 Å². The second-order valence-electron chi connectivity index (χ2n) is 13.2. The van der Waals surface area contributed by atoms with E-state index in [1.807, 2.05) is 66.7 Å². The molecule has 4 aromatic carbocycles. The molecule has 0 atom stereocenters. The van der Waals surface area contributed by atoms with Crippen molar-refractivity contribution in [1.29, 1.82) is 0 Å². The zero-order valence-electron chi connectivity index (χ0n) is 29.0. The second kappa shape index (κ2) is 14.6. The van der Waals surface area contributed by atoms with Crippen LogP contribution in [-0.2, 0) is 19.3 Å². The van der Waals surface area contributed by atoms with Crippen molar-refractivity contribution < 1.29 is 24.1 Å². The lowest BCUT2D eigenvalue weighted by Gasteiger charge is -2.11. The number of ketones is 1. The molecule has 9 heteroatoms. The van der Waals surface area contributed by atoms with E-state index in [0.717, 1.165) is 48.0 Å². The summed E-state index contributed by atoms with van der Waals surface area (Å²) in [6.07, 6.45) is 1.24. The van der Waals surface area contributed by atoms with E-state index in [-0.39, 0.29) is 11.7 Å². The van der Waals surface area contributed by atoms with Gasteiger partial charge in [0, 0.05) is 46.7 Å². The van der Waals surface area contributed by atoms with E-state index in [0.29, 0.717) is 41.3 Å². The van der Waals surface area contributed by atoms with E-state index < -0.39 is 11.9 Å². The molecule has 0 spiro atoms. The first-order valence-electron chi connectivity index (χ1n) is 16.7. The standard InChI is InChI=1S/C41H39N3O5S/c1-24(2)20-35(42-48-26(5)45)29-16-17-37-32(22-29)33-23-34(41(47)28-12-8-7-9-13-28)30-14-10-11-15-31(30)40(33)44(37)39-19-18-38(50-39)36(21-25(3)4)43-49-27(6)46/h7-19,22-25H,20-21H2,1-6H3. The van der Waals surface area contributed by atoms with Crippen molar-refractivity contribution in [2.45, 2.75) is 54.4 Å². The molecule has 254 valence electrons. The molecule has 50 heavy (non-hydrogen) atoms. The van der Waals surface area contributed by atoms with Crippen molar-refractivity contribution in [2.75, 3.05) is 0 Å². The number of carbonyl (C=O) groups is 3. The summed E-state index contributed by atoms with van der Waals surface area (Å²) >= 11 is 1.56. The van der Waals surface area contributed by atoms with Gasteiger partial charge in [-0.1, -0.05) is 98.7 Å². The maximum absolute atomic E-state index is 14.1. The summed E-state index contributed by atoms with van der Waals surface area (Å²) in [4.78, 5) is 48.7. The maximum atomic E-state index is 14.1. The van der Waals surface area contributed by atoms with Crippen LogP contribution in [0, 0.1) is 11.8 Å². The van der Waals surface area contributed by atoms with Gasteiger partial charge in [-0.3, -0.25) is 9.36 Å². The van der Waals surface area contributed by atoms with E-state index in [9.17, 15) is 14.4 Å². The number of benzene rings is 4. The number of fused-ring (bicyclic) bond motifs is 5. The Kier molecular flexibility index (Phi) is 10.1.